The molecule has 7 nitrogen and oxygen atoms in total. The number of hydrogen-bond donors (Lipinski definition) is 0. The van der Waals surface area contributed by atoms with E-state index in [0.717, 1.165) is 33.0 Å². The van der Waals surface area contributed by atoms with Gasteiger partial charge in [0.1, 0.15) is 5.69 Å². The van der Waals surface area contributed by atoms with Crippen LogP contribution in [0.15, 0.2) is 120 Å². The van der Waals surface area contributed by atoms with Gasteiger partial charge >= 0.3 is 0 Å². The van der Waals surface area contributed by atoms with Crippen molar-refractivity contribution < 1.29 is 14.5 Å². The second kappa shape index (κ2) is 8.78. The van der Waals surface area contributed by atoms with Crippen molar-refractivity contribution in [2.45, 2.75) is 11.3 Å². The molecular formula is C35H23N3O4. The molecule has 9 rings (SSSR count). The second-order valence-corrected chi connectivity index (χ2v) is 11.0. The Balaban J connectivity index is 1.41. The first-order valence-corrected chi connectivity index (χ1v) is 13.9. The fraction of sp³-hybridized carbons (Fsp3) is 0.114. The van der Waals surface area contributed by atoms with Crippen molar-refractivity contribution >= 4 is 45.9 Å². The highest BCUT2D eigenvalue weighted by Gasteiger charge is 2.68. The van der Waals surface area contributed by atoms with Crippen molar-refractivity contribution in [1.82, 2.24) is 0 Å². The van der Waals surface area contributed by atoms with E-state index in [1.165, 1.54) is 11.0 Å². The van der Waals surface area contributed by atoms with Crippen molar-refractivity contribution in [3.63, 3.8) is 0 Å². The Bertz CT molecular complexity index is 1960. The predicted octanol–water partition coefficient (Wildman–Crippen LogP) is 6.70. The van der Waals surface area contributed by atoms with Crippen molar-refractivity contribution in [2.24, 2.45) is 16.8 Å². The van der Waals surface area contributed by atoms with Gasteiger partial charge in [0, 0.05) is 23.6 Å². The fourth-order valence-electron chi connectivity index (χ4n) is 7.59. The van der Waals surface area contributed by atoms with Gasteiger partial charge in [-0.3, -0.25) is 24.7 Å². The Hall–Kier alpha value is -5.43. The summed E-state index contributed by atoms with van der Waals surface area (Å²) in [5, 5.41) is 13.6. The Morgan fingerprint density at radius 3 is 2.10 bits per heavy atom. The molecule has 0 saturated carbocycles. The third kappa shape index (κ3) is 3.07. The summed E-state index contributed by atoms with van der Waals surface area (Å²) < 4.78 is 0. The molecule has 7 heteroatoms. The number of carbonyl (C=O) groups is 2. The number of imide groups is 1. The molecule has 1 aliphatic heterocycles. The molecule has 42 heavy (non-hydrogen) atoms. The van der Waals surface area contributed by atoms with Gasteiger partial charge in [0.05, 0.1) is 27.9 Å². The number of aliphatic imine (C=N–C) groups is 1. The third-order valence-corrected chi connectivity index (χ3v) is 9.18. The third-order valence-electron chi connectivity index (χ3n) is 9.18. The highest BCUT2D eigenvalue weighted by molar-refractivity contribution is 6.27. The van der Waals surface area contributed by atoms with E-state index in [0.29, 0.717) is 5.69 Å². The minimum Gasteiger partial charge on any atom is -0.274 e. The predicted molar refractivity (Wildman–Crippen MR) is 160 cm³/mol. The summed E-state index contributed by atoms with van der Waals surface area (Å²) in [7, 11) is 0. The molecule has 0 spiro atoms. The standard InChI is InChI=1S/C35H23N3O4/c39-33-31-30-23-13-3-5-15-25(23)35(26-16-6-4-14-24(26)30,20-36-27-17-7-8-18-29(27)38(41)42)32(31)34(40)37(33)28-19-9-11-21-10-1-2-12-22(21)28/h1-20,30-32H/t30?,31-,32+,35?/m1/s1. The molecule has 0 radical (unpaired) electrons. The largest absolute Gasteiger partial charge is 0.294 e. The van der Waals surface area contributed by atoms with Gasteiger partial charge in [-0.1, -0.05) is 97.1 Å². The molecular weight excluding hydrogens is 526 g/mol. The SMILES string of the molecule is O=C1[C@@H]2C3c4ccccc4C(C=Nc4ccccc4[N+](=O)[O-])(c4ccccc43)[C@@H]2C(=O)N1c1cccc2ccccc12. The number of para-hydroxylation sites is 2. The van der Waals surface area contributed by atoms with Crippen LogP contribution in [0.4, 0.5) is 17.1 Å². The minimum absolute atomic E-state index is 0.126. The lowest BCUT2D eigenvalue weighted by Gasteiger charge is -2.52. The van der Waals surface area contributed by atoms with Crippen molar-refractivity contribution in [3.8, 4) is 0 Å². The van der Waals surface area contributed by atoms with Crippen molar-refractivity contribution in [2.75, 3.05) is 4.90 Å². The van der Waals surface area contributed by atoms with Crippen molar-refractivity contribution in [1.29, 1.82) is 0 Å². The number of carbonyl (C=O) groups excluding carboxylic acids is 2. The summed E-state index contributed by atoms with van der Waals surface area (Å²) in [6, 6.07) is 35.5. The van der Waals surface area contributed by atoms with Crippen LogP contribution in [0.2, 0.25) is 0 Å². The van der Waals surface area contributed by atoms with Crippen LogP contribution in [-0.2, 0) is 15.0 Å². The number of amides is 2. The van der Waals surface area contributed by atoms with Crippen molar-refractivity contribution in [3.05, 3.63) is 148 Å². The molecule has 202 valence electrons. The molecule has 2 bridgehead atoms. The highest BCUT2D eigenvalue weighted by Crippen LogP contribution is 2.64. The monoisotopic (exact) mass is 549 g/mol. The van der Waals surface area contributed by atoms with Gasteiger partial charge in [0.15, 0.2) is 0 Å². The maximum Gasteiger partial charge on any atom is 0.294 e. The molecule has 1 heterocycles. The summed E-state index contributed by atoms with van der Waals surface area (Å²) in [5.74, 6) is -2.26. The summed E-state index contributed by atoms with van der Waals surface area (Å²) in [6.45, 7) is 0. The molecule has 4 aliphatic rings. The average molecular weight is 550 g/mol. The second-order valence-electron chi connectivity index (χ2n) is 11.0. The van der Waals surface area contributed by atoms with Crippen LogP contribution in [0.25, 0.3) is 10.8 Å². The highest BCUT2D eigenvalue weighted by atomic mass is 16.6. The number of fused-ring (bicyclic) bond motifs is 1. The van der Waals surface area contributed by atoms with Crippen LogP contribution < -0.4 is 4.90 Å². The zero-order chi connectivity index (χ0) is 28.6. The van der Waals surface area contributed by atoms with E-state index < -0.39 is 22.2 Å². The molecule has 1 fully saturated rings. The van der Waals surface area contributed by atoms with Gasteiger partial charge in [-0.2, -0.15) is 0 Å². The summed E-state index contributed by atoms with van der Waals surface area (Å²) in [6.07, 6.45) is 1.69. The number of nitrogens with zero attached hydrogens (tertiary/aromatic N) is 3. The zero-order valence-corrected chi connectivity index (χ0v) is 22.3. The normalized spacial score (nSPS) is 23.7. The molecule has 1 saturated heterocycles. The molecule has 0 unspecified atom stereocenters. The molecule has 2 amide bonds. The van der Waals surface area contributed by atoms with Crippen LogP contribution in [0, 0.1) is 22.0 Å². The Morgan fingerprint density at radius 1 is 0.738 bits per heavy atom. The van der Waals surface area contributed by atoms with Crippen LogP contribution in [-0.4, -0.2) is 23.0 Å². The van der Waals surface area contributed by atoms with E-state index in [4.69, 9.17) is 4.99 Å². The quantitative estimate of drug-likeness (QED) is 0.108. The molecule has 5 aromatic rings. The Labute approximate surface area is 240 Å². The lowest BCUT2D eigenvalue weighted by Crippen LogP contribution is -2.54. The van der Waals surface area contributed by atoms with Crippen LogP contribution >= 0.6 is 0 Å². The summed E-state index contributed by atoms with van der Waals surface area (Å²) >= 11 is 0. The van der Waals surface area contributed by atoms with E-state index >= 15 is 0 Å². The lowest BCUT2D eigenvalue weighted by molar-refractivity contribution is -0.384. The summed E-state index contributed by atoms with van der Waals surface area (Å²) in [5.41, 5.74) is 3.28. The first-order valence-electron chi connectivity index (χ1n) is 13.9. The van der Waals surface area contributed by atoms with E-state index in [2.05, 4.69) is 0 Å². The van der Waals surface area contributed by atoms with E-state index in [1.807, 2.05) is 91.0 Å². The fourth-order valence-corrected chi connectivity index (χ4v) is 7.59. The maximum atomic E-state index is 14.7. The van der Waals surface area contributed by atoms with Crippen LogP contribution in [0.5, 0.6) is 0 Å². The molecule has 3 aliphatic carbocycles. The topological polar surface area (TPSA) is 92.9 Å². The minimum atomic E-state index is -1.11. The number of hydrogen-bond acceptors (Lipinski definition) is 5. The molecule has 2 atom stereocenters. The number of nitro groups is 1. The van der Waals surface area contributed by atoms with Gasteiger partial charge in [-0.15, -0.1) is 0 Å². The van der Waals surface area contributed by atoms with E-state index in [1.54, 1.807) is 24.4 Å². The van der Waals surface area contributed by atoms with Gasteiger partial charge in [0.2, 0.25) is 11.8 Å². The maximum absolute atomic E-state index is 14.7. The number of anilines is 1. The Morgan fingerprint density at radius 2 is 1.36 bits per heavy atom. The first kappa shape index (κ1) is 24.4. The van der Waals surface area contributed by atoms with E-state index in [9.17, 15) is 19.7 Å². The molecule has 0 N–H and O–H groups in total. The van der Waals surface area contributed by atoms with Gasteiger partial charge < -0.3 is 0 Å². The van der Waals surface area contributed by atoms with Gasteiger partial charge in [-0.05, 0) is 39.8 Å². The van der Waals surface area contributed by atoms with Crippen LogP contribution in [0.1, 0.15) is 28.2 Å². The van der Waals surface area contributed by atoms with Gasteiger partial charge in [0.25, 0.3) is 5.69 Å². The zero-order valence-electron chi connectivity index (χ0n) is 22.3. The van der Waals surface area contributed by atoms with Crippen LogP contribution in [0.3, 0.4) is 0 Å². The molecule has 5 aromatic carbocycles. The molecule has 0 aromatic heterocycles. The first-order chi connectivity index (χ1) is 20.5. The van der Waals surface area contributed by atoms with Gasteiger partial charge in [-0.25, -0.2) is 4.90 Å². The Kier molecular flexibility index (Phi) is 5.10. The number of benzene rings is 5. The van der Waals surface area contributed by atoms with E-state index in [-0.39, 0.29) is 29.1 Å². The number of rotatable bonds is 4. The lowest BCUT2D eigenvalue weighted by atomic mass is 9.47. The summed E-state index contributed by atoms with van der Waals surface area (Å²) in [4.78, 5) is 46.8. The smallest absolute Gasteiger partial charge is 0.274 e. The average Bonchev–Trinajstić information content (AvgIpc) is 3.30. The number of nitro benzene ring substituents is 1.